The molecule has 3 heteroatoms. The lowest BCUT2D eigenvalue weighted by molar-refractivity contribution is 0.412. The minimum Gasteiger partial charge on any atom is -0.253 e. The molecular formula is C4H9N3. The third-order valence-electron chi connectivity index (χ3n) is 1.19. The predicted molar refractivity (Wildman–Crippen MR) is 28.9 cm³/mol. The van der Waals surface area contributed by atoms with Crippen LogP contribution in [-0.4, -0.2) is 37.1 Å². The topological polar surface area (TPSA) is 18.4 Å². The zero-order valence-corrected chi connectivity index (χ0v) is 4.84. The van der Waals surface area contributed by atoms with Crippen LogP contribution in [-0.2, 0) is 0 Å². The summed E-state index contributed by atoms with van der Waals surface area (Å²) in [6.07, 6.45) is 0. The number of guanidine groups is 1. The number of hydrogen-bond acceptors (Lipinski definition) is 1. The zero-order valence-electron chi connectivity index (χ0n) is 4.84. The Morgan fingerprint density at radius 1 is 1.29 bits per heavy atom. The lowest BCUT2D eigenvalue weighted by Gasteiger charge is -1.80. The van der Waals surface area contributed by atoms with Gasteiger partial charge in [-0.3, -0.25) is 15.0 Å². The van der Waals surface area contributed by atoms with Crippen LogP contribution in [0.3, 0.4) is 0 Å². The molecule has 40 valence electrons. The van der Waals surface area contributed by atoms with E-state index < -0.39 is 0 Å². The highest BCUT2D eigenvalue weighted by Crippen LogP contribution is 2.10. The standard InChI is InChI=1S/C4H9N3/c1-5-4-6(2)7(4)3/h1-3H3. The fourth-order valence-corrected chi connectivity index (χ4v) is 0.591. The van der Waals surface area contributed by atoms with Gasteiger partial charge in [0.1, 0.15) is 0 Å². The van der Waals surface area contributed by atoms with Crippen LogP contribution in [0, 0.1) is 0 Å². The molecule has 0 aromatic heterocycles. The van der Waals surface area contributed by atoms with Crippen molar-refractivity contribution in [3.8, 4) is 0 Å². The van der Waals surface area contributed by atoms with Crippen molar-refractivity contribution in [1.29, 1.82) is 0 Å². The maximum atomic E-state index is 3.93. The van der Waals surface area contributed by atoms with E-state index in [-0.39, 0.29) is 0 Å². The van der Waals surface area contributed by atoms with E-state index >= 15 is 0 Å². The van der Waals surface area contributed by atoms with Crippen LogP contribution in [0.2, 0.25) is 0 Å². The van der Waals surface area contributed by atoms with Crippen molar-refractivity contribution in [2.45, 2.75) is 0 Å². The summed E-state index contributed by atoms with van der Waals surface area (Å²) in [5.74, 6) is 1.06. The first-order valence-corrected chi connectivity index (χ1v) is 2.21. The van der Waals surface area contributed by atoms with Crippen molar-refractivity contribution in [2.75, 3.05) is 21.1 Å². The molecule has 0 aliphatic carbocycles. The van der Waals surface area contributed by atoms with Crippen LogP contribution < -0.4 is 0 Å². The molecule has 7 heavy (non-hydrogen) atoms. The molecule has 1 saturated heterocycles. The van der Waals surface area contributed by atoms with E-state index in [1.54, 1.807) is 7.05 Å². The summed E-state index contributed by atoms with van der Waals surface area (Å²) in [6, 6.07) is 0. The molecule has 3 nitrogen and oxygen atoms in total. The molecular weight excluding hydrogens is 90.1 g/mol. The van der Waals surface area contributed by atoms with Gasteiger partial charge in [-0.05, 0) is 0 Å². The molecule has 0 unspecified atom stereocenters. The Balaban J connectivity index is 2.54. The minimum atomic E-state index is 1.06. The molecule has 0 radical (unpaired) electrons. The van der Waals surface area contributed by atoms with E-state index in [0.717, 1.165) is 5.96 Å². The van der Waals surface area contributed by atoms with Crippen molar-refractivity contribution in [3.05, 3.63) is 0 Å². The molecule has 1 aliphatic heterocycles. The summed E-state index contributed by atoms with van der Waals surface area (Å²) in [5, 5.41) is 3.94. The summed E-state index contributed by atoms with van der Waals surface area (Å²) in [7, 11) is 5.74. The molecule has 0 aromatic rings. The summed E-state index contributed by atoms with van der Waals surface area (Å²) in [4.78, 5) is 3.93. The summed E-state index contributed by atoms with van der Waals surface area (Å²) in [6.45, 7) is 0. The third-order valence-corrected chi connectivity index (χ3v) is 1.19. The third kappa shape index (κ3) is 0.444. The van der Waals surface area contributed by atoms with Gasteiger partial charge in [-0.2, -0.15) is 0 Å². The Kier molecular flexibility index (Phi) is 0.708. The summed E-state index contributed by atoms with van der Waals surface area (Å²) in [5.41, 5.74) is 0. The molecule has 0 amide bonds. The fraction of sp³-hybridized carbons (Fsp3) is 0.750. The molecule has 1 fully saturated rings. The van der Waals surface area contributed by atoms with Crippen molar-refractivity contribution in [2.24, 2.45) is 4.99 Å². The van der Waals surface area contributed by atoms with Gasteiger partial charge in [0.15, 0.2) is 0 Å². The van der Waals surface area contributed by atoms with Crippen LogP contribution in [0.1, 0.15) is 0 Å². The van der Waals surface area contributed by atoms with E-state index in [1.165, 1.54) is 0 Å². The van der Waals surface area contributed by atoms with E-state index in [0.29, 0.717) is 0 Å². The molecule has 0 atom stereocenters. The number of aliphatic imine (C=N–C) groups is 1. The van der Waals surface area contributed by atoms with Gasteiger partial charge in [0.25, 0.3) is 0 Å². The molecule has 0 aromatic carbocycles. The number of hydrogen-bond donors (Lipinski definition) is 0. The predicted octanol–water partition coefficient (Wildman–Crippen LogP) is -0.236. The van der Waals surface area contributed by atoms with Crippen LogP contribution in [0.15, 0.2) is 4.99 Å². The van der Waals surface area contributed by atoms with Gasteiger partial charge in [0.2, 0.25) is 5.96 Å². The average Bonchev–Trinajstić information content (AvgIpc) is 2.17. The van der Waals surface area contributed by atoms with Crippen molar-refractivity contribution < 1.29 is 0 Å². The Morgan fingerprint density at radius 2 is 1.71 bits per heavy atom. The van der Waals surface area contributed by atoms with Gasteiger partial charge in [0, 0.05) is 21.1 Å². The lowest BCUT2D eigenvalue weighted by atomic mass is 11.1. The zero-order chi connectivity index (χ0) is 5.44. The second-order valence-electron chi connectivity index (χ2n) is 1.57. The second kappa shape index (κ2) is 1.12. The molecule has 1 aliphatic rings. The molecule has 1 rings (SSSR count). The average molecular weight is 99.1 g/mol. The fourth-order valence-electron chi connectivity index (χ4n) is 0.591. The van der Waals surface area contributed by atoms with Gasteiger partial charge in [-0.1, -0.05) is 0 Å². The molecule has 0 spiro atoms. The Hall–Kier alpha value is -0.730. The molecule has 1 heterocycles. The van der Waals surface area contributed by atoms with Gasteiger partial charge < -0.3 is 0 Å². The van der Waals surface area contributed by atoms with E-state index in [1.807, 2.05) is 24.1 Å². The van der Waals surface area contributed by atoms with Gasteiger partial charge >= 0.3 is 0 Å². The van der Waals surface area contributed by atoms with Crippen LogP contribution in [0.25, 0.3) is 0 Å². The number of rotatable bonds is 0. The van der Waals surface area contributed by atoms with Crippen LogP contribution >= 0.6 is 0 Å². The first-order chi connectivity index (χ1) is 3.27. The lowest BCUT2D eigenvalue weighted by Crippen LogP contribution is -1.91. The second-order valence-corrected chi connectivity index (χ2v) is 1.57. The summed E-state index contributed by atoms with van der Waals surface area (Å²) < 4.78 is 0. The molecule has 0 saturated carbocycles. The maximum absolute atomic E-state index is 3.93. The SMILES string of the molecule is CN=C1N(C)N1C. The normalized spacial score (nSPS) is 17.9. The van der Waals surface area contributed by atoms with Crippen molar-refractivity contribution >= 4 is 5.96 Å². The highest BCUT2D eigenvalue weighted by atomic mass is 15.8. The molecule has 0 N–H and O–H groups in total. The van der Waals surface area contributed by atoms with Crippen LogP contribution in [0.4, 0.5) is 0 Å². The quantitative estimate of drug-likeness (QED) is 0.390. The highest BCUT2D eigenvalue weighted by Gasteiger charge is 2.29. The monoisotopic (exact) mass is 99.1 g/mol. The van der Waals surface area contributed by atoms with E-state index in [9.17, 15) is 0 Å². The first kappa shape index (κ1) is 4.43. The van der Waals surface area contributed by atoms with Crippen molar-refractivity contribution in [3.63, 3.8) is 0 Å². The van der Waals surface area contributed by atoms with Gasteiger partial charge in [-0.15, -0.1) is 0 Å². The maximum Gasteiger partial charge on any atom is 0.234 e. The Labute approximate surface area is 43.2 Å². The minimum absolute atomic E-state index is 1.06. The molecule has 0 bridgehead atoms. The Bertz CT molecular complexity index is 97.5. The highest BCUT2D eigenvalue weighted by molar-refractivity contribution is 5.90. The largest absolute Gasteiger partial charge is 0.253 e. The van der Waals surface area contributed by atoms with Crippen LogP contribution in [0.5, 0.6) is 0 Å². The summed E-state index contributed by atoms with van der Waals surface area (Å²) >= 11 is 0. The number of hydrazine groups is 1. The smallest absolute Gasteiger partial charge is 0.234 e. The van der Waals surface area contributed by atoms with E-state index in [4.69, 9.17) is 0 Å². The first-order valence-electron chi connectivity index (χ1n) is 2.21. The van der Waals surface area contributed by atoms with E-state index in [2.05, 4.69) is 4.99 Å². The number of nitrogens with zero attached hydrogens (tertiary/aromatic N) is 3. The van der Waals surface area contributed by atoms with Gasteiger partial charge in [-0.25, -0.2) is 0 Å². The van der Waals surface area contributed by atoms with Crippen molar-refractivity contribution in [1.82, 2.24) is 10.0 Å². The Morgan fingerprint density at radius 3 is 1.71 bits per heavy atom. The van der Waals surface area contributed by atoms with Gasteiger partial charge in [0.05, 0.1) is 0 Å².